The number of carbonyl (C=O) groups excluding carboxylic acids is 1. The van der Waals surface area contributed by atoms with E-state index in [1.807, 2.05) is 11.8 Å². The number of rotatable bonds is 4. The van der Waals surface area contributed by atoms with Gasteiger partial charge in [0, 0.05) is 25.8 Å². The first-order valence-electron chi connectivity index (χ1n) is 7.68. The maximum absolute atomic E-state index is 12.7. The maximum atomic E-state index is 12.7. The Kier molecular flexibility index (Phi) is 5.09. The topological polar surface area (TPSA) is 45.2 Å². The molecule has 1 aliphatic rings. The number of pyridine rings is 1. The molecule has 116 valence electrons. The van der Waals surface area contributed by atoms with Gasteiger partial charge in [-0.25, -0.2) is 4.98 Å². The molecular weight excluding hydrogens is 286 g/mol. The van der Waals surface area contributed by atoms with Crippen LogP contribution in [-0.2, 0) is 0 Å². The van der Waals surface area contributed by atoms with Crippen LogP contribution in [0.5, 0.6) is 0 Å². The second-order valence-electron chi connectivity index (χ2n) is 6.04. The first-order chi connectivity index (χ1) is 9.99. The molecule has 4 nitrogen and oxygen atoms in total. The van der Waals surface area contributed by atoms with E-state index in [1.165, 1.54) is 0 Å². The number of anilines is 1. The molecule has 1 aromatic heterocycles. The highest BCUT2D eigenvalue weighted by molar-refractivity contribution is 6.33. The average Bonchev–Trinajstić information content (AvgIpc) is 2.49. The number of halogens is 1. The second kappa shape index (κ2) is 6.65. The molecule has 0 bridgehead atoms. The predicted molar refractivity (Wildman–Crippen MR) is 86.9 cm³/mol. The number of nitrogens with zero attached hydrogens (tertiary/aromatic N) is 2. The van der Waals surface area contributed by atoms with Crippen molar-refractivity contribution in [2.24, 2.45) is 5.41 Å². The van der Waals surface area contributed by atoms with Crippen molar-refractivity contribution < 1.29 is 4.79 Å². The first kappa shape index (κ1) is 16.1. The van der Waals surface area contributed by atoms with Crippen LogP contribution < -0.4 is 5.32 Å². The molecule has 0 aliphatic carbocycles. The zero-order chi connectivity index (χ0) is 15.5. The van der Waals surface area contributed by atoms with Gasteiger partial charge in [-0.1, -0.05) is 31.9 Å². The minimum Gasteiger partial charge on any atom is -0.370 e. The highest BCUT2D eigenvalue weighted by atomic mass is 35.5. The van der Waals surface area contributed by atoms with E-state index < -0.39 is 0 Å². The first-order valence-corrected chi connectivity index (χ1v) is 8.05. The predicted octanol–water partition coefficient (Wildman–Crippen LogP) is 3.82. The fourth-order valence-electron chi connectivity index (χ4n) is 2.65. The van der Waals surface area contributed by atoms with Gasteiger partial charge < -0.3 is 10.2 Å². The van der Waals surface area contributed by atoms with Crippen molar-refractivity contribution in [3.8, 4) is 0 Å². The molecule has 1 aromatic rings. The zero-order valence-electron chi connectivity index (χ0n) is 13.1. The molecule has 5 heteroatoms. The molecule has 0 saturated carbocycles. The third-order valence-electron chi connectivity index (χ3n) is 4.55. The van der Waals surface area contributed by atoms with Crippen LogP contribution in [0.3, 0.4) is 0 Å². The van der Waals surface area contributed by atoms with Gasteiger partial charge in [-0.15, -0.1) is 0 Å². The Morgan fingerprint density at radius 3 is 2.67 bits per heavy atom. The lowest BCUT2D eigenvalue weighted by Crippen LogP contribution is -2.42. The van der Waals surface area contributed by atoms with Gasteiger partial charge >= 0.3 is 0 Å². The summed E-state index contributed by atoms with van der Waals surface area (Å²) in [5, 5.41) is 3.54. The minimum atomic E-state index is 0.0136. The van der Waals surface area contributed by atoms with Crippen LogP contribution in [-0.4, -0.2) is 35.4 Å². The normalized spacial score (nSPS) is 17.6. The summed E-state index contributed by atoms with van der Waals surface area (Å²) >= 11 is 6.16. The van der Waals surface area contributed by atoms with Crippen LogP contribution in [0.1, 0.15) is 50.4 Å². The molecule has 2 rings (SSSR count). The third-order valence-corrected chi connectivity index (χ3v) is 4.86. The second-order valence-corrected chi connectivity index (χ2v) is 6.44. The van der Waals surface area contributed by atoms with E-state index >= 15 is 0 Å². The van der Waals surface area contributed by atoms with Gasteiger partial charge in [-0.05, 0) is 31.2 Å². The van der Waals surface area contributed by atoms with Crippen molar-refractivity contribution >= 4 is 23.3 Å². The van der Waals surface area contributed by atoms with Gasteiger partial charge in [-0.3, -0.25) is 4.79 Å². The fourth-order valence-corrected chi connectivity index (χ4v) is 2.84. The van der Waals surface area contributed by atoms with E-state index in [2.05, 4.69) is 24.1 Å². The summed E-state index contributed by atoms with van der Waals surface area (Å²) in [7, 11) is 0. The quantitative estimate of drug-likeness (QED) is 0.919. The van der Waals surface area contributed by atoms with Crippen molar-refractivity contribution in [3.05, 3.63) is 22.8 Å². The molecule has 0 atom stereocenters. The summed E-state index contributed by atoms with van der Waals surface area (Å²) < 4.78 is 0. The van der Waals surface area contributed by atoms with Crippen LogP contribution in [0.2, 0.25) is 5.02 Å². The summed E-state index contributed by atoms with van der Waals surface area (Å²) in [6, 6.07) is 1.75. The average molecular weight is 310 g/mol. The minimum absolute atomic E-state index is 0.0136. The Balaban J connectivity index is 2.12. The van der Waals surface area contributed by atoms with Crippen LogP contribution >= 0.6 is 11.6 Å². The van der Waals surface area contributed by atoms with E-state index in [1.54, 1.807) is 12.3 Å². The smallest absolute Gasteiger partial charge is 0.255 e. The number of nitrogens with one attached hydrogen (secondary N) is 1. The molecule has 0 aromatic carbocycles. The number of likely N-dealkylation sites (tertiary alicyclic amines) is 1. The molecular formula is C16H24ClN3O. The lowest BCUT2D eigenvalue weighted by atomic mass is 9.78. The Morgan fingerprint density at radius 2 is 2.10 bits per heavy atom. The number of piperidine rings is 1. The zero-order valence-corrected chi connectivity index (χ0v) is 13.8. The summed E-state index contributed by atoms with van der Waals surface area (Å²) in [6.45, 7) is 8.89. The van der Waals surface area contributed by atoms with Crippen molar-refractivity contribution in [1.29, 1.82) is 0 Å². The van der Waals surface area contributed by atoms with Gasteiger partial charge in [0.1, 0.15) is 5.82 Å². The van der Waals surface area contributed by atoms with Crippen molar-refractivity contribution in [3.63, 3.8) is 0 Å². The number of amides is 1. The van der Waals surface area contributed by atoms with E-state index in [-0.39, 0.29) is 5.91 Å². The number of carbonyl (C=O) groups is 1. The highest BCUT2D eigenvalue weighted by Crippen LogP contribution is 2.34. The number of hydrogen-bond acceptors (Lipinski definition) is 3. The van der Waals surface area contributed by atoms with Gasteiger partial charge in [0.05, 0.1) is 10.6 Å². The Hall–Kier alpha value is -1.29. The van der Waals surface area contributed by atoms with Gasteiger partial charge in [0.15, 0.2) is 0 Å². The summed E-state index contributed by atoms with van der Waals surface area (Å²) in [4.78, 5) is 18.8. The van der Waals surface area contributed by atoms with E-state index in [0.717, 1.165) is 38.9 Å². The van der Waals surface area contributed by atoms with Gasteiger partial charge in [-0.2, -0.15) is 0 Å². The monoisotopic (exact) mass is 309 g/mol. The molecule has 0 unspecified atom stereocenters. The summed E-state index contributed by atoms with van der Waals surface area (Å²) in [6.07, 6.45) is 4.82. The Bertz CT molecular complexity index is 510. The molecule has 2 heterocycles. The Labute approximate surface area is 131 Å². The molecule has 1 amide bonds. The van der Waals surface area contributed by atoms with Crippen LogP contribution in [0.15, 0.2) is 12.3 Å². The van der Waals surface area contributed by atoms with E-state index in [4.69, 9.17) is 11.6 Å². The molecule has 0 spiro atoms. The summed E-state index contributed by atoms with van der Waals surface area (Å²) in [5.74, 6) is 0.709. The molecule has 1 N–H and O–H groups in total. The van der Waals surface area contributed by atoms with E-state index in [0.29, 0.717) is 21.8 Å². The SMILES string of the molecule is CCNc1cc(C(=O)N2CCC(C)(CC)CC2)c(Cl)cn1. The van der Waals surface area contributed by atoms with Gasteiger partial charge in [0.25, 0.3) is 5.91 Å². The number of aromatic nitrogens is 1. The third kappa shape index (κ3) is 3.67. The summed E-state index contributed by atoms with van der Waals surface area (Å²) in [5.41, 5.74) is 0.913. The fraction of sp³-hybridized carbons (Fsp3) is 0.625. The molecule has 21 heavy (non-hydrogen) atoms. The van der Waals surface area contributed by atoms with Crippen LogP contribution in [0, 0.1) is 5.41 Å². The van der Waals surface area contributed by atoms with Gasteiger partial charge in [0.2, 0.25) is 0 Å². The van der Waals surface area contributed by atoms with E-state index in [9.17, 15) is 4.79 Å². The van der Waals surface area contributed by atoms with Crippen molar-refractivity contribution in [2.45, 2.75) is 40.0 Å². The molecule has 0 radical (unpaired) electrons. The maximum Gasteiger partial charge on any atom is 0.255 e. The highest BCUT2D eigenvalue weighted by Gasteiger charge is 2.31. The lowest BCUT2D eigenvalue weighted by molar-refractivity contribution is 0.0600. The molecule has 1 aliphatic heterocycles. The van der Waals surface area contributed by atoms with Crippen LogP contribution in [0.25, 0.3) is 0 Å². The standard InChI is InChI=1S/C16H24ClN3O/c1-4-16(3)6-8-20(9-7-16)15(21)12-10-14(18-5-2)19-11-13(12)17/h10-11H,4-9H2,1-3H3,(H,18,19). The molecule has 1 saturated heterocycles. The van der Waals surface area contributed by atoms with Crippen LogP contribution in [0.4, 0.5) is 5.82 Å². The van der Waals surface area contributed by atoms with Crippen molar-refractivity contribution in [1.82, 2.24) is 9.88 Å². The van der Waals surface area contributed by atoms with Crippen molar-refractivity contribution in [2.75, 3.05) is 25.0 Å². The number of hydrogen-bond donors (Lipinski definition) is 1. The Morgan fingerprint density at radius 1 is 1.43 bits per heavy atom. The largest absolute Gasteiger partial charge is 0.370 e. The molecule has 1 fully saturated rings. The lowest BCUT2D eigenvalue weighted by Gasteiger charge is -2.39.